The molecule has 2 atom stereocenters. The van der Waals surface area contributed by atoms with Gasteiger partial charge in [0.2, 0.25) is 5.91 Å². The van der Waals surface area contributed by atoms with Crippen LogP contribution in [0.15, 0.2) is 24.3 Å². The lowest BCUT2D eigenvalue weighted by atomic mass is 9.84. The van der Waals surface area contributed by atoms with E-state index in [-0.39, 0.29) is 29.8 Å². The summed E-state index contributed by atoms with van der Waals surface area (Å²) in [5.41, 5.74) is 8.21. The highest BCUT2D eigenvalue weighted by Crippen LogP contribution is 2.26. The molecule has 4 N–H and O–H groups in total. The number of benzene rings is 1. The summed E-state index contributed by atoms with van der Waals surface area (Å²) < 4.78 is 0. The van der Waals surface area contributed by atoms with Crippen LogP contribution >= 0.6 is 11.8 Å². The van der Waals surface area contributed by atoms with Crippen molar-refractivity contribution in [3.8, 4) is 0 Å². The number of rotatable bonds is 7. The summed E-state index contributed by atoms with van der Waals surface area (Å²) in [6.45, 7) is 6.45. The number of carbonyl (C=O) groups is 2. The molecule has 1 aromatic rings. The molecule has 2 rings (SSSR count). The van der Waals surface area contributed by atoms with Gasteiger partial charge in [-0.1, -0.05) is 32.9 Å². The lowest BCUT2D eigenvalue weighted by Crippen LogP contribution is -2.42. The van der Waals surface area contributed by atoms with Gasteiger partial charge in [0.25, 0.3) is 0 Å². The highest BCUT2D eigenvalue weighted by molar-refractivity contribution is 7.98. The number of hydrogen-bond donors (Lipinski definition) is 4. The Morgan fingerprint density at radius 2 is 2.08 bits per heavy atom. The fourth-order valence-corrected chi connectivity index (χ4v) is 3.49. The van der Waals surface area contributed by atoms with Gasteiger partial charge in [-0.25, -0.2) is 5.43 Å². The van der Waals surface area contributed by atoms with Crippen LogP contribution in [0.1, 0.15) is 39.2 Å². The topological polar surface area (TPSA) is 90.5 Å². The van der Waals surface area contributed by atoms with E-state index in [9.17, 15) is 9.59 Å². The normalized spacial score (nSPS) is 20.4. The number of carboxylic acid groups (broad SMARTS) is 1. The number of hydrogen-bond acceptors (Lipinski definition) is 5. The molecule has 2 unspecified atom stereocenters. The average molecular weight is 365 g/mol. The molecule has 1 aromatic carbocycles. The summed E-state index contributed by atoms with van der Waals surface area (Å²) in [4.78, 5) is 23.0. The zero-order valence-electron chi connectivity index (χ0n) is 15.0. The van der Waals surface area contributed by atoms with Gasteiger partial charge in [-0.05, 0) is 29.5 Å². The van der Waals surface area contributed by atoms with Crippen LogP contribution in [0.2, 0.25) is 0 Å². The molecular weight excluding hydrogens is 338 g/mol. The molecular formula is C18H27N3O3S. The van der Waals surface area contributed by atoms with Crippen molar-refractivity contribution in [1.29, 1.82) is 0 Å². The first kappa shape index (κ1) is 19.8. The van der Waals surface area contributed by atoms with Gasteiger partial charge in [0, 0.05) is 23.2 Å². The minimum Gasteiger partial charge on any atom is -0.481 e. The fourth-order valence-electron chi connectivity index (χ4n) is 2.62. The van der Waals surface area contributed by atoms with Crippen LogP contribution < -0.4 is 16.2 Å². The maximum atomic E-state index is 12.4. The zero-order valence-corrected chi connectivity index (χ0v) is 15.8. The van der Waals surface area contributed by atoms with Gasteiger partial charge in [0.1, 0.15) is 6.04 Å². The number of carbonyl (C=O) groups excluding carboxylic acids is 1. The van der Waals surface area contributed by atoms with E-state index in [0.29, 0.717) is 5.75 Å². The molecule has 1 saturated heterocycles. The molecule has 138 valence electrons. The summed E-state index contributed by atoms with van der Waals surface area (Å²) in [5, 5.41) is 11.6. The molecule has 6 nitrogen and oxygen atoms in total. The first-order chi connectivity index (χ1) is 11.8. The maximum Gasteiger partial charge on any atom is 0.304 e. The second-order valence-electron chi connectivity index (χ2n) is 7.38. The Balaban J connectivity index is 1.85. The number of nitrogens with one attached hydrogen (secondary N) is 3. The van der Waals surface area contributed by atoms with Crippen LogP contribution in [0.5, 0.6) is 0 Å². The minimum absolute atomic E-state index is 0.0464. The summed E-state index contributed by atoms with van der Waals surface area (Å²) in [5.74, 6) is 0.485. The molecule has 1 amide bonds. The van der Waals surface area contributed by atoms with Crippen molar-refractivity contribution in [2.75, 3.05) is 11.1 Å². The smallest absolute Gasteiger partial charge is 0.304 e. The van der Waals surface area contributed by atoms with Crippen LogP contribution in [-0.2, 0) is 15.3 Å². The van der Waals surface area contributed by atoms with Crippen molar-refractivity contribution in [2.24, 2.45) is 5.41 Å². The number of anilines is 1. The monoisotopic (exact) mass is 365 g/mol. The molecule has 0 aromatic heterocycles. The van der Waals surface area contributed by atoms with Crippen LogP contribution in [0.4, 0.5) is 5.69 Å². The molecule has 0 saturated carbocycles. The molecule has 1 aliphatic heterocycles. The van der Waals surface area contributed by atoms with Gasteiger partial charge < -0.3 is 10.4 Å². The van der Waals surface area contributed by atoms with Crippen LogP contribution in [-0.4, -0.2) is 34.8 Å². The first-order valence-corrected chi connectivity index (χ1v) is 9.61. The predicted molar refractivity (Wildman–Crippen MR) is 101 cm³/mol. The molecule has 0 bridgehead atoms. The van der Waals surface area contributed by atoms with Crippen molar-refractivity contribution in [2.45, 2.75) is 51.4 Å². The lowest BCUT2D eigenvalue weighted by Gasteiger charge is -2.25. The molecule has 1 fully saturated rings. The van der Waals surface area contributed by atoms with Gasteiger partial charge in [-0.2, -0.15) is 11.8 Å². The van der Waals surface area contributed by atoms with E-state index in [1.54, 1.807) is 11.8 Å². The molecule has 7 heteroatoms. The number of amides is 1. The number of hydrazine groups is 1. The Morgan fingerprint density at radius 3 is 2.72 bits per heavy atom. The Hall–Kier alpha value is -1.57. The molecule has 25 heavy (non-hydrogen) atoms. The lowest BCUT2D eigenvalue weighted by molar-refractivity contribution is -0.136. The van der Waals surface area contributed by atoms with E-state index in [2.05, 4.69) is 36.9 Å². The molecule has 0 radical (unpaired) electrons. The first-order valence-electron chi connectivity index (χ1n) is 8.46. The Bertz CT molecular complexity index is 616. The quantitative estimate of drug-likeness (QED) is 0.555. The molecule has 1 aliphatic rings. The maximum absolute atomic E-state index is 12.4. The highest BCUT2D eigenvalue weighted by atomic mass is 32.2. The van der Waals surface area contributed by atoms with E-state index < -0.39 is 5.97 Å². The second kappa shape index (κ2) is 8.69. The summed E-state index contributed by atoms with van der Waals surface area (Å²) in [6, 6.07) is 7.69. The number of carboxylic acids is 1. The minimum atomic E-state index is -0.778. The molecule has 0 aliphatic carbocycles. The van der Waals surface area contributed by atoms with Gasteiger partial charge in [0.05, 0.1) is 6.42 Å². The van der Waals surface area contributed by atoms with Crippen LogP contribution in [0.25, 0.3) is 0 Å². The predicted octanol–water partition coefficient (Wildman–Crippen LogP) is 2.61. The van der Waals surface area contributed by atoms with E-state index >= 15 is 0 Å². The summed E-state index contributed by atoms with van der Waals surface area (Å²) >= 11 is 1.57. The zero-order chi connectivity index (χ0) is 18.4. The Morgan fingerprint density at radius 1 is 1.32 bits per heavy atom. The van der Waals surface area contributed by atoms with E-state index in [1.807, 2.05) is 24.3 Å². The van der Waals surface area contributed by atoms with Gasteiger partial charge >= 0.3 is 5.97 Å². The van der Waals surface area contributed by atoms with E-state index in [0.717, 1.165) is 23.4 Å². The highest BCUT2D eigenvalue weighted by Gasteiger charge is 2.35. The van der Waals surface area contributed by atoms with Crippen molar-refractivity contribution in [3.05, 3.63) is 29.8 Å². The van der Waals surface area contributed by atoms with Gasteiger partial charge in [0.15, 0.2) is 0 Å². The number of thioether (sulfide) groups is 1. The van der Waals surface area contributed by atoms with E-state index in [4.69, 9.17) is 5.11 Å². The Labute approximate surface area is 153 Å². The van der Waals surface area contributed by atoms with Crippen molar-refractivity contribution in [3.63, 3.8) is 0 Å². The summed E-state index contributed by atoms with van der Waals surface area (Å²) in [6.07, 6.45) is 0.913. The van der Waals surface area contributed by atoms with Crippen LogP contribution in [0.3, 0.4) is 0 Å². The summed E-state index contributed by atoms with van der Waals surface area (Å²) in [7, 11) is 0. The standard InChI is InChI=1S/C18H27N3O3S/c1-18(2,3)15-10-14(20-21-15)17(24)19-13-6-4-5-12(9-13)11-25-8-7-16(22)23/h4-6,9,14-15,20-21H,7-8,10-11H2,1-3H3,(H,19,24)(H,22,23). The average Bonchev–Trinajstić information content (AvgIpc) is 3.02. The van der Waals surface area contributed by atoms with Crippen molar-refractivity contribution in [1.82, 2.24) is 10.9 Å². The number of aliphatic carboxylic acids is 1. The Kier molecular flexibility index (Phi) is 6.87. The molecule has 0 spiro atoms. The van der Waals surface area contributed by atoms with Crippen molar-refractivity contribution >= 4 is 29.3 Å². The second-order valence-corrected chi connectivity index (χ2v) is 8.49. The van der Waals surface area contributed by atoms with Gasteiger partial charge in [-0.15, -0.1) is 0 Å². The van der Waals surface area contributed by atoms with Crippen LogP contribution in [0, 0.1) is 5.41 Å². The SMILES string of the molecule is CC(C)(C)C1CC(C(=O)Nc2cccc(CSCCC(=O)O)c2)NN1. The third-order valence-electron chi connectivity index (χ3n) is 4.19. The van der Waals surface area contributed by atoms with E-state index in [1.165, 1.54) is 0 Å². The van der Waals surface area contributed by atoms with Gasteiger partial charge in [-0.3, -0.25) is 15.0 Å². The third kappa shape index (κ3) is 6.34. The largest absolute Gasteiger partial charge is 0.481 e. The van der Waals surface area contributed by atoms with Crippen molar-refractivity contribution < 1.29 is 14.7 Å². The fraction of sp³-hybridized carbons (Fsp3) is 0.556. The molecule has 1 heterocycles. The third-order valence-corrected chi connectivity index (χ3v) is 5.22.